The molecule has 0 unspecified atom stereocenters. The summed E-state index contributed by atoms with van der Waals surface area (Å²) < 4.78 is 26.8. The number of hydrogen-bond acceptors (Lipinski definition) is 4. The van der Waals surface area contributed by atoms with Crippen LogP contribution in [0.25, 0.3) is 0 Å². The van der Waals surface area contributed by atoms with Crippen LogP contribution < -0.4 is 10.6 Å². The van der Waals surface area contributed by atoms with Gasteiger partial charge in [-0.25, -0.2) is 4.39 Å². The maximum absolute atomic E-state index is 13.6. The van der Waals surface area contributed by atoms with E-state index in [0.29, 0.717) is 25.1 Å². The number of benzene rings is 1. The second-order valence-electron chi connectivity index (χ2n) is 3.76. The second-order valence-corrected chi connectivity index (χ2v) is 3.76. The van der Waals surface area contributed by atoms with E-state index in [1.165, 1.54) is 0 Å². The van der Waals surface area contributed by atoms with Gasteiger partial charge in [0.15, 0.2) is 0 Å². The molecule has 0 fully saturated rings. The molecule has 8 heteroatoms. The first-order valence-electron chi connectivity index (χ1n) is 5.53. The van der Waals surface area contributed by atoms with Gasteiger partial charge in [-0.3, -0.25) is 14.9 Å². The minimum Gasteiger partial charge on any atom is -0.352 e. The van der Waals surface area contributed by atoms with Crippen molar-refractivity contribution < 1.29 is 18.5 Å². The third kappa shape index (κ3) is 3.95. The monoisotopic (exact) mass is 273 g/mol. The molecule has 0 saturated carbocycles. The number of nitrogens with zero attached hydrogens (tertiary/aromatic N) is 1. The molecule has 0 aliphatic carbocycles. The van der Waals surface area contributed by atoms with Crippen LogP contribution in [-0.2, 0) is 0 Å². The first-order chi connectivity index (χ1) is 8.97. The molecule has 2 N–H and O–H groups in total. The van der Waals surface area contributed by atoms with Gasteiger partial charge in [-0.05, 0) is 26.1 Å². The Morgan fingerprint density at radius 2 is 2.05 bits per heavy atom. The number of rotatable bonds is 6. The van der Waals surface area contributed by atoms with Gasteiger partial charge < -0.3 is 10.6 Å². The number of hydrogen-bond donors (Lipinski definition) is 2. The van der Waals surface area contributed by atoms with Gasteiger partial charge in [0.2, 0.25) is 5.82 Å². The lowest BCUT2D eigenvalue weighted by Crippen LogP contribution is -2.27. The highest BCUT2D eigenvalue weighted by atomic mass is 19.1. The van der Waals surface area contributed by atoms with Crippen molar-refractivity contribution in [2.75, 3.05) is 20.1 Å². The third-order valence-corrected chi connectivity index (χ3v) is 2.35. The van der Waals surface area contributed by atoms with E-state index in [2.05, 4.69) is 10.6 Å². The highest BCUT2D eigenvalue weighted by Crippen LogP contribution is 2.22. The molecule has 1 amide bonds. The number of carbonyl (C=O) groups is 1. The Balaban J connectivity index is 2.88. The first-order valence-corrected chi connectivity index (χ1v) is 5.53. The van der Waals surface area contributed by atoms with Crippen LogP contribution in [0.1, 0.15) is 16.8 Å². The summed E-state index contributed by atoms with van der Waals surface area (Å²) in [6, 6.07) is 1.07. The topological polar surface area (TPSA) is 84.3 Å². The van der Waals surface area contributed by atoms with Crippen LogP contribution in [0.5, 0.6) is 0 Å². The molecule has 0 heterocycles. The minimum atomic E-state index is -1.34. The summed E-state index contributed by atoms with van der Waals surface area (Å²) in [5, 5.41) is 15.7. The summed E-state index contributed by atoms with van der Waals surface area (Å²) in [7, 11) is 1.73. The Hall–Kier alpha value is -2.09. The molecule has 0 saturated heterocycles. The highest BCUT2D eigenvalue weighted by Gasteiger charge is 2.23. The number of carbonyl (C=O) groups excluding carboxylic acids is 1. The summed E-state index contributed by atoms with van der Waals surface area (Å²) in [5.41, 5.74) is -1.73. The van der Waals surface area contributed by atoms with Gasteiger partial charge in [-0.2, -0.15) is 4.39 Å². The van der Waals surface area contributed by atoms with Crippen molar-refractivity contribution in [3.63, 3.8) is 0 Å². The highest BCUT2D eigenvalue weighted by molar-refractivity contribution is 5.95. The number of amides is 1. The third-order valence-electron chi connectivity index (χ3n) is 2.35. The molecular weight excluding hydrogens is 260 g/mol. The summed E-state index contributed by atoms with van der Waals surface area (Å²) in [6.45, 7) is 0.898. The summed E-state index contributed by atoms with van der Waals surface area (Å²) in [4.78, 5) is 21.0. The molecule has 0 radical (unpaired) electrons. The fraction of sp³-hybridized carbons (Fsp3) is 0.364. The van der Waals surface area contributed by atoms with E-state index in [0.717, 1.165) is 0 Å². The van der Waals surface area contributed by atoms with E-state index in [-0.39, 0.29) is 6.54 Å². The second kappa shape index (κ2) is 6.74. The van der Waals surface area contributed by atoms with Crippen molar-refractivity contribution >= 4 is 11.6 Å². The molecule has 6 nitrogen and oxygen atoms in total. The van der Waals surface area contributed by atoms with E-state index >= 15 is 0 Å². The van der Waals surface area contributed by atoms with Crippen LogP contribution in [0.4, 0.5) is 14.5 Å². The largest absolute Gasteiger partial charge is 0.352 e. The van der Waals surface area contributed by atoms with Crippen molar-refractivity contribution in [2.24, 2.45) is 0 Å². The zero-order valence-electron chi connectivity index (χ0n) is 10.2. The molecule has 1 rings (SSSR count). The Bertz CT molecular complexity index is 494. The van der Waals surface area contributed by atoms with Gasteiger partial charge in [0.25, 0.3) is 5.91 Å². The Kier molecular flexibility index (Phi) is 5.31. The van der Waals surface area contributed by atoms with Gasteiger partial charge in [-0.1, -0.05) is 0 Å². The molecule has 19 heavy (non-hydrogen) atoms. The first kappa shape index (κ1) is 15.0. The molecule has 0 spiro atoms. The fourth-order valence-electron chi connectivity index (χ4n) is 1.44. The van der Waals surface area contributed by atoms with Crippen molar-refractivity contribution in [3.8, 4) is 0 Å². The normalized spacial score (nSPS) is 10.3. The lowest BCUT2D eigenvalue weighted by atomic mass is 10.1. The molecule has 0 atom stereocenters. The Morgan fingerprint density at radius 1 is 1.37 bits per heavy atom. The van der Waals surface area contributed by atoms with Crippen LogP contribution in [0.3, 0.4) is 0 Å². The predicted octanol–water partition coefficient (Wildman–Crippen LogP) is 1.21. The van der Waals surface area contributed by atoms with Crippen LogP contribution in [0, 0.1) is 21.7 Å². The number of nitrogens with one attached hydrogen (secondary N) is 2. The van der Waals surface area contributed by atoms with Gasteiger partial charge in [0, 0.05) is 6.54 Å². The SMILES string of the molecule is CNCCCNC(=O)c1cc(F)cc([N+](=O)[O-])c1F. The molecule has 0 aliphatic heterocycles. The van der Waals surface area contributed by atoms with E-state index in [1.54, 1.807) is 7.05 Å². The predicted molar refractivity (Wildman–Crippen MR) is 63.9 cm³/mol. The Morgan fingerprint density at radius 3 is 2.63 bits per heavy atom. The molecule has 1 aromatic rings. The number of halogens is 2. The lowest BCUT2D eigenvalue weighted by Gasteiger charge is -2.06. The maximum atomic E-state index is 13.6. The van der Waals surface area contributed by atoms with Crippen molar-refractivity contribution in [1.29, 1.82) is 0 Å². The van der Waals surface area contributed by atoms with Gasteiger partial charge in [0.1, 0.15) is 5.82 Å². The summed E-state index contributed by atoms with van der Waals surface area (Å²) in [5.74, 6) is -3.25. The van der Waals surface area contributed by atoms with Gasteiger partial charge in [0.05, 0.1) is 16.6 Å². The summed E-state index contributed by atoms with van der Waals surface area (Å²) >= 11 is 0. The Labute approximate surface area is 108 Å². The van der Waals surface area contributed by atoms with Gasteiger partial charge >= 0.3 is 5.69 Å². The fourth-order valence-corrected chi connectivity index (χ4v) is 1.44. The smallest absolute Gasteiger partial charge is 0.308 e. The molecular formula is C11H13F2N3O3. The molecule has 1 aromatic carbocycles. The standard InChI is InChI=1S/C11H13F2N3O3/c1-14-3-2-4-15-11(17)8-5-7(12)6-9(10(8)13)16(18)19/h5-6,14H,2-4H2,1H3,(H,15,17). The molecule has 0 aromatic heterocycles. The zero-order chi connectivity index (χ0) is 14.4. The van der Waals surface area contributed by atoms with Crippen LogP contribution in [0.2, 0.25) is 0 Å². The molecule has 104 valence electrons. The molecule has 0 aliphatic rings. The quantitative estimate of drug-likeness (QED) is 0.463. The van der Waals surface area contributed by atoms with Crippen LogP contribution >= 0.6 is 0 Å². The van der Waals surface area contributed by atoms with Crippen molar-refractivity contribution in [3.05, 3.63) is 39.4 Å². The number of nitro groups is 1. The minimum absolute atomic E-state index is 0.253. The maximum Gasteiger partial charge on any atom is 0.308 e. The lowest BCUT2D eigenvalue weighted by molar-refractivity contribution is -0.387. The number of nitro benzene ring substituents is 1. The van der Waals surface area contributed by atoms with E-state index < -0.39 is 33.7 Å². The average Bonchev–Trinajstić information content (AvgIpc) is 2.36. The van der Waals surface area contributed by atoms with E-state index in [9.17, 15) is 23.7 Å². The zero-order valence-corrected chi connectivity index (χ0v) is 10.2. The van der Waals surface area contributed by atoms with Crippen LogP contribution in [0.15, 0.2) is 12.1 Å². The average molecular weight is 273 g/mol. The van der Waals surface area contributed by atoms with Gasteiger partial charge in [-0.15, -0.1) is 0 Å². The molecule has 0 bridgehead atoms. The van der Waals surface area contributed by atoms with E-state index in [4.69, 9.17) is 0 Å². The van der Waals surface area contributed by atoms with Crippen molar-refractivity contribution in [1.82, 2.24) is 10.6 Å². The van der Waals surface area contributed by atoms with Crippen LogP contribution in [-0.4, -0.2) is 31.0 Å². The summed E-state index contributed by atoms with van der Waals surface area (Å²) in [6.07, 6.45) is 0.598. The van der Waals surface area contributed by atoms with E-state index in [1.807, 2.05) is 0 Å². The van der Waals surface area contributed by atoms with Crippen molar-refractivity contribution in [2.45, 2.75) is 6.42 Å².